The van der Waals surface area contributed by atoms with Crippen LogP contribution >= 0.6 is 11.8 Å². The molecule has 0 saturated heterocycles. The van der Waals surface area contributed by atoms with E-state index >= 15 is 0 Å². The van der Waals surface area contributed by atoms with Crippen LogP contribution in [0.15, 0.2) is 11.6 Å². The number of carboxylic acid groups (broad SMARTS) is 1. The molecule has 4 aliphatic carbocycles. The number of carbonyl (C=O) groups is 2. The predicted molar refractivity (Wildman–Crippen MR) is 101 cm³/mol. The second kappa shape index (κ2) is 5.87. The van der Waals surface area contributed by atoms with Gasteiger partial charge in [0, 0.05) is 11.7 Å². The van der Waals surface area contributed by atoms with Gasteiger partial charge in [-0.15, -0.1) is 0 Å². The topological polar surface area (TPSA) is 54.4 Å². The molecule has 0 amide bonds. The van der Waals surface area contributed by atoms with Crippen LogP contribution in [0.25, 0.3) is 0 Å². The molecule has 0 bridgehead atoms. The standard InChI is InChI=1S/C21H30O3S/c1-12-10-17-15-5-4-13-11-14(22)6-8-20(13,2)16(15)7-9-21(17,3)18(12)25-19(23)24/h11-12,15-18H,4-10H2,1-3H3,(H,23,24)/t12?,15-,16-,17+,18?,20+,21+/m1/s1. The van der Waals surface area contributed by atoms with Crippen LogP contribution in [0.5, 0.6) is 0 Å². The second-order valence-corrected chi connectivity index (χ2v) is 10.6. The van der Waals surface area contributed by atoms with E-state index in [1.54, 1.807) is 0 Å². The van der Waals surface area contributed by atoms with Gasteiger partial charge in [0.1, 0.15) is 0 Å². The van der Waals surface area contributed by atoms with Crippen LogP contribution in [0, 0.1) is 34.5 Å². The Bertz CT molecular complexity index is 641. The van der Waals surface area contributed by atoms with E-state index in [0.717, 1.165) is 19.3 Å². The molecular formula is C21H30O3S. The van der Waals surface area contributed by atoms with E-state index < -0.39 is 5.30 Å². The number of thioether (sulfide) groups is 1. The average molecular weight is 363 g/mol. The minimum absolute atomic E-state index is 0.158. The van der Waals surface area contributed by atoms with Gasteiger partial charge in [-0.3, -0.25) is 4.79 Å². The van der Waals surface area contributed by atoms with Crippen LogP contribution in [-0.2, 0) is 4.79 Å². The Labute approximate surface area is 155 Å². The van der Waals surface area contributed by atoms with Crippen molar-refractivity contribution in [2.24, 2.45) is 34.5 Å². The van der Waals surface area contributed by atoms with Crippen molar-refractivity contribution in [1.82, 2.24) is 0 Å². The molecule has 0 spiro atoms. The Kier molecular flexibility index (Phi) is 4.14. The quantitative estimate of drug-likeness (QED) is 0.665. The molecule has 0 aliphatic heterocycles. The molecule has 0 aromatic rings. The van der Waals surface area contributed by atoms with Gasteiger partial charge < -0.3 is 5.11 Å². The summed E-state index contributed by atoms with van der Waals surface area (Å²) in [4.78, 5) is 23.3. The molecule has 138 valence electrons. The first-order valence-corrected chi connectivity index (χ1v) is 10.8. The smallest absolute Gasteiger partial charge is 0.365 e. The molecule has 0 radical (unpaired) electrons. The van der Waals surface area contributed by atoms with E-state index in [1.165, 1.54) is 36.6 Å². The summed E-state index contributed by atoms with van der Waals surface area (Å²) in [6, 6.07) is 0. The molecule has 0 aromatic heterocycles. The molecule has 0 aromatic carbocycles. The van der Waals surface area contributed by atoms with Gasteiger partial charge in [0.25, 0.3) is 0 Å². The summed E-state index contributed by atoms with van der Waals surface area (Å²) in [5, 5.41) is 8.90. The minimum atomic E-state index is -0.715. The number of ketones is 1. The van der Waals surface area contributed by atoms with Crippen molar-refractivity contribution in [3.05, 3.63) is 11.6 Å². The Morgan fingerprint density at radius 1 is 1.20 bits per heavy atom. The van der Waals surface area contributed by atoms with Crippen LogP contribution in [-0.4, -0.2) is 21.4 Å². The fourth-order valence-electron chi connectivity index (χ4n) is 7.24. The summed E-state index contributed by atoms with van der Waals surface area (Å²) in [5.74, 6) is 2.83. The Hall–Kier alpha value is -0.770. The summed E-state index contributed by atoms with van der Waals surface area (Å²) >= 11 is 1.18. The minimum Gasteiger partial charge on any atom is -0.473 e. The van der Waals surface area contributed by atoms with Gasteiger partial charge in [-0.1, -0.05) is 26.3 Å². The molecule has 0 heterocycles. The Morgan fingerprint density at radius 2 is 1.96 bits per heavy atom. The largest absolute Gasteiger partial charge is 0.473 e. The van der Waals surface area contributed by atoms with E-state index in [9.17, 15) is 14.7 Å². The summed E-state index contributed by atoms with van der Waals surface area (Å²) in [6.45, 7) is 7.04. The van der Waals surface area contributed by atoms with Crippen molar-refractivity contribution in [3.8, 4) is 0 Å². The molecule has 2 unspecified atom stereocenters. The summed E-state index contributed by atoms with van der Waals surface area (Å²) in [5.41, 5.74) is 1.78. The van der Waals surface area contributed by atoms with Gasteiger partial charge >= 0.3 is 5.30 Å². The predicted octanol–water partition coefficient (Wildman–Crippen LogP) is 5.54. The third kappa shape index (κ3) is 2.54. The molecule has 25 heavy (non-hydrogen) atoms. The van der Waals surface area contributed by atoms with Crippen molar-refractivity contribution < 1.29 is 14.7 Å². The lowest BCUT2D eigenvalue weighted by atomic mass is 9.47. The van der Waals surface area contributed by atoms with Gasteiger partial charge in [-0.2, -0.15) is 0 Å². The summed E-state index contributed by atoms with van der Waals surface area (Å²) < 4.78 is 0. The normalized spacial score (nSPS) is 49.0. The van der Waals surface area contributed by atoms with E-state index in [4.69, 9.17) is 0 Å². The molecule has 4 rings (SSSR count). The van der Waals surface area contributed by atoms with E-state index in [2.05, 4.69) is 20.8 Å². The average Bonchev–Trinajstić information content (AvgIpc) is 2.79. The van der Waals surface area contributed by atoms with Crippen molar-refractivity contribution in [3.63, 3.8) is 0 Å². The first-order chi connectivity index (χ1) is 11.8. The maximum Gasteiger partial charge on any atom is 0.365 e. The Balaban J connectivity index is 1.65. The number of allylic oxidation sites excluding steroid dienone is 1. The first-order valence-electron chi connectivity index (χ1n) is 9.89. The van der Waals surface area contributed by atoms with Gasteiger partial charge in [0.15, 0.2) is 5.78 Å². The van der Waals surface area contributed by atoms with Crippen molar-refractivity contribution in [2.75, 3.05) is 0 Å². The molecule has 3 saturated carbocycles. The van der Waals surface area contributed by atoms with Crippen molar-refractivity contribution >= 4 is 22.8 Å². The van der Waals surface area contributed by atoms with E-state index in [0.29, 0.717) is 35.9 Å². The molecule has 3 nitrogen and oxygen atoms in total. The molecule has 4 aliphatic rings. The lowest BCUT2D eigenvalue weighted by molar-refractivity contribution is -0.117. The van der Waals surface area contributed by atoms with Crippen LogP contribution in [0.3, 0.4) is 0 Å². The number of carbonyl (C=O) groups excluding carboxylic acids is 1. The number of hydrogen-bond donors (Lipinski definition) is 1. The van der Waals surface area contributed by atoms with Gasteiger partial charge in [0.05, 0.1) is 0 Å². The second-order valence-electron chi connectivity index (χ2n) is 9.53. The number of fused-ring (bicyclic) bond motifs is 5. The van der Waals surface area contributed by atoms with Crippen LogP contribution in [0.4, 0.5) is 4.79 Å². The SMILES string of the molecule is CC1C[C@H]2[C@@H]3CCC4=CC(=O)CC[C@]4(C)[C@@H]3CC[C@]2(C)C1SC(=O)O. The third-order valence-corrected chi connectivity index (χ3v) is 9.88. The van der Waals surface area contributed by atoms with Crippen LogP contribution in [0.1, 0.15) is 65.7 Å². The first kappa shape index (κ1) is 17.6. The van der Waals surface area contributed by atoms with Gasteiger partial charge in [-0.05, 0) is 90.9 Å². The fourth-order valence-corrected chi connectivity index (χ4v) is 8.36. The summed E-state index contributed by atoms with van der Waals surface area (Å²) in [7, 11) is 0. The zero-order valence-corrected chi connectivity index (χ0v) is 16.4. The van der Waals surface area contributed by atoms with Gasteiger partial charge in [0.2, 0.25) is 0 Å². The third-order valence-electron chi connectivity index (χ3n) is 8.42. The fraction of sp³-hybridized carbons (Fsp3) is 0.810. The highest BCUT2D eigenvalue weighted by Crippen LogP contribution is 2.67. The molecule has 1 N–H and O–H groups in total. The van der Waals surface area contributed by atoms with Crippen molar-refractivity contribution in [1.29, 1.82) is 0 Å². The Morgan fingerprint density at radius 3 is 2.68 bits per heavy atom. The maximum absolute atomic E-state index is 11.9. The number of rotatable bonds is 1. The molecule has 3 fully saturated rings. The molecule has 4 heteroatoms. The zero-order valence-electron chi connectivity index (χ0n) is 15.6. The highest BCUT2D eigenvalue weighted by molar-refractivity contribution is 8.13. The van der Waals surface area contributed by atoms with Crippen LogP contribution in [0.2, 0.25) is 0 Å². The highest BCUT2D eigenvalue weighted by Gasteiger charge is 2.61. The maximum atomic E-state index is 11.9. The van der Waals surface area contributed by atoms with Crippen LogP contribution < -0.4 is 0 Å². The summed E-state index contributed by atoms with van der Waals surface area (Å²) in [6.07, 6.45) is 9.47. The zero-order chi connectivity index (χ0) is 18.0. The molecular weight excluding hydrogens is 332 g/mol. The number of hydrogen-bond acceptors (Lipinski definition) is 3. The highest BCUT2D eigenvalue weighted by atomic mass is 32.2. The van der Waals surface area contributed by atoms with E-state index in [1.807, 2.05) is 6.08 Å². The molecule has 7 atom stereocenters. The van der Waals surface area contributed by atoms with Crippen molar-refractivity contribution in [2.45, 2.75) is 71.0 Å². The monoisotopic (exact) mass is 362 g/mol. The van der Waals surface area contributed by atoms with E-state index in [-0.39, 0.29) is 16.1 Å². The lowest BCUT2D eigenvalue weighted by Crippen LogP contribution is -2.51. The van der Waals surface area contributed by atoms with Gasteiger partial charge in [-0.25, -0.2) is 4.79 Å². The lowest BCUT2D eigenvalue weighted by Gasteiger charge is -2.58.